The predicted molar refractivity (Wildman–Crippen MR) is 441 cm³/mol. The van der Waals surface area contributed by atoms with Crippen LogP contribution in [0.2, 0.25) is 0 Å². The Labute approximate surface area is 624 Å². The van der Waals surface area contributed by atoms with Gasteiger partial charge in [0, 0.05) is 95.0 Å². The van der Waals surface area contributed by atoms with E-state index in [2.05, 4.69) is 329 Å². The van der Waals surface area contributed by atoms with Crippen molar-refractivity contribution in [3.8, 4) is 44.5 Å². The molecule has 16 aromatic carbocycles. The minimum absolute atomic E-state index is 0.0149. The molecule has 0 fully saturated rings. The molecule has 4 aliphatic rings. The zero-order valence-corrected chi connectivity index (χ0v) is 58.5. The van der Waals surface area contributed by atoms with E-state index in [1.54, 1.807) is 4.90 Å². The number of nitrogens with zero attached hydrogens (tertiary/aromatic N) is 5. The Morgan fingerprint density at radius 1 is 0.271 bits per heavy atom. The minimum Gasteiger partial charge on any atom is -0.311 e. The third-order valence-electron chi connectivity index (χ3n) is 21.4. The standard InChI is InChI=1S/C96H62B2F3N5S/c99-67-55-56-85(82(100)57-67)106-87-59-72(103(70-43-21-7-22-44-70)93-74(63-31-9-1-10-32-63)47-29-48-75(93)64-33-11-2-12-34-64)58-86-90(87)97(79-52-26-28-54-84(79)105(86)94-76(65-35-13-3-14-36-65)49-30-50-77(94)66-37-15-4-16-38-66)80-62-81-96(92(101)95(80)106)107-89-61-73(102(68-39-17-5-18-40-68)69-41-19-6-20-42-69)60-88-91(89)98(81)78-51-25-27-53-83(78)104(88)71-45-23-8-24-46-71/h1-62H. The van der Waals surface area contributed by atoms with Gasteiger partial charge in [0.05, 0.1) is 28.4 Å². The number of hydrogen-bond acceptors (Lipinski definition) is 6. The molecule has 4 aliphatic heterocycles. The number of rotatable bonds is 13. The van der Waals surface area contributed by atoms with Gasteiger partial charge in [0.2, 0.25) is 6.71 Å². The van der Waals surface area contributed by atoms with Gasteiger partial charge in [0.1, 0.15) is 11.6 Å². The SMILES string of the molecule is Fc1ccc(N2c3cc(N(c4ccccc4)c4c(-c5ccccc5)cccc4-c4ccccc4)cc4c3B(c3ccccc3N4c3c(-c4ccccc4)cccc3-c3ccccc3)c3cc4c(c(F)c32)Sc2cc(N(c3ccccc3)c3ccccc3)cc3c2B4c2ccccc2N3c2ccccc2)c(F)c1. The Bertz CT molecular complexity index is 5970. The molecule has 0 N–H and O–H groups in total. The molecule has 0 radical (unpaired) electrons. The molecule has 0 aliphatic carbocycles. The molecule has 0 amide bonds. The normalized spacial score (nSPS) is 12.7. The highest BCUT2D eigenvalue weighted by Gasteiger charge is 2.50. The van der Waals surface area contributed by atoms with Gasteiger partial charge in [-0.15, -0.1) is 0 Å². The smallest absolute Gasteiger partial charge is 0.252 e. The van der Waals surface area contributed by atoms with Gasteiger partial charge in [-0.2, -0.15) is 0 Å². The highest BCUT2D eigenvalue weighted by molar-refractivity contribution is 8.00. The average molecular weight is 1400 g/mol. The van der Waals surface area contributed by atoms with Gasteiger partial charge in [0.15, 0.2) is 5.82 Å². The number of para-hydroxylation sites is 8. The van der Waals surface area contributed by atoms with Gasteiger partial charge < -0.3 is 24.5 Å². The number of fused-ring (bicyclic) bond motifs is 8. The van der Waals surface area contributed by atoms with E-state index >= 15 is 13.2 Å². The summed E-state index contributed by atoms with van der Waals surface area (Å²) in [6, 6.07) is 129. The van der Waals surface area contributed by atoms with E-state index in [1.807, 2.05) is 48.5 Å². The van der Waals surface area contributed by atoms with E-state index in [0.29, 0.717) is 21.7 Å². The van der Waals surface area contributed by atoms with Crippen LogP contribution in [0.3, 0.4) is 0 Å². The molecule has 0 saturated carbocycles. The van der Waals surface area contributed by atoms with Crippen LogP contribution in [-0.2, 0) is 0 Å². The van der Waals surface area contributed by atoms with Crippen molar-refractivity contribution < 1.29 is 13.2 Å². The highest BCUT2D eigenvalue weighted by Crippen LogP contribution is 2.56. The van der Waals surface area contributed by atoms with Crippen molar-refractivity contribution in [3.63, 3.8) is 0 Å². The maximum absolute atomic E-state index is 20.9. The van der Waals surface area contributed by atoms with Gasteiger partial charge in [-0.1, -0.05) is 290 Å². The van der Waals surface area contributed by atoms with Crippen molar-refractivity contribution in [3.05, 3.63) is 394 Å². The molecule has 11 heteroatoms. The van der Waals surface area contributed by atoms with Crippen molar-refractivity contribution >= 4 is 143 Å². The zero-order chi connectivity index (χ0) is 71.2. The fourth-order valence-corrected chi connectivity index (χ4v) is 18.2. The topological polar surface area (TPSA) is 16.2 Å². The van der Waals surface area contributed by atoms with E-state index in [1.165, 1.54) is 23.9 Å². The van der Waals surface area contributed by atoms with E-state index in [-0.39, 0.29) is 11.4 Å². The number of benzene rings is 16. The first kappa shape index (κ1) is 63.5. The predicted octanol–water partition coefficient (Wildman–Crippen LogP) is 22.6. The first-order valence-corrected chi connectivity index (χ1v) is 36.9. The lowest BCUT2D eigenvalue weighted by Gasteiger charge is -2.47. The van der Waals surface area contributed by atoms with Crippen LogP contribution in [0.1, 0.15) is 0 Å². The number of halogens is 3. The summed E-state index contributed by atoms with van der Waals surface area (Å²) in [6.45, 7) is -1.17. The molecular weight excluding hydrogens is 1330 g/mol. The van der Waals surface area contributed by atoms with E-state index in [9.17, 15) is 0 Å². The molecule has 107 heavy (non-hydrogen) atoms. The fraction of sp³-hybridized carbons (Fsp3) is 0. The lowest BCUT2D eigenvalue weighted by atomic mass is 9.31. The summed E-state index contributed by atoms with van der Waals surface area (Å²) in [5, 5.41) is 0. The minimum atomic E-state index is -0.850. The van der Waals surface area contributed by atoms with Crippen LogP contribution in [0.4, 0.5) is 98.5 Å². The Kier molecular flexibility index (Phi) is 15.5. The van der Waals surface area contributed by atoms with Gasteiger partial charge in [0.25, 0.3) is 6.71 Å². The second kappa shape index (κ2) is 26.2. The molecule has 0 spiro atoms. The van der Waals surface area contributed by atoms with Crippen LogP contribution < -0.4 is 57.3 Å². The highest BCUT2D eigenvalue weighted by atomic mass is 32.2. The Morgan fingerprint density at radius 3 is 1.18 bits per heavy atom. The zero-order valence-electron chi connectivity index (χ0n) is 57.7. The molecule has 0 bridgehead atoms. The fourth-order valence-electron chi connectivity index (χ4n) is 17.0. The molecule has 0 unspecified atom stereocenters. The summed E-state index contributed by atoms with van der Waals surface area (Å²) in [6.07, 6.45) is 0. The van der Waals surface area contributed by atoms with E-state index in [0.717, 1.165) is 145 Å². The van der Waals surface area contributed by atoms with Crippen molar-refractivity contribution in [2.75, 3.05) is 24.5 Å². The first-order chi connectivity index (χ1) is 52.9. The average Bonchev–Trinajstić information content (AvgIpc) is 0.680. The number of hydrogen-bond donors (Lipinski definition) is 0. The molecule has 0 atom stereocenters. The van der Waals surface area contributed by atoms with Crippen molar-refractivity contribution in [2.24, 2.45) is 0 Å². The van der Waals surface area contributed by atoms with Crippen molar-refractivity contribution in [1.29, 1.82) is 0 Å². The molecule has 5 nitrogen and oxygen atoms in total. The maximum Gasteiger partial charge on any atom is 0.252 e. The molecule has 20 rings (SSSR count). The van der Waals surface area contributed by atoms with E-state index < -0.39 is 30.9 Å². The largest absolute Gasteiger partial charge is 0.311 e. The Balaban J connectivity index is 0.922. The summed E-state index contributed by atoms with van der Waals surface area (Å²) in [4.78, 5) is 12.4. The molecular formula is C96H62B2F3N5S. The third-order valence-corrected chi connectivity index (χ3v) is 22.6. The monoisotopic (exact) mass is 1400 g/mol. The number of anilines is 15. The molecule has 0 aromatic heterocycles. The van der Waals surface area contributed by atoms with Crippen LogP contribution in [0.25, 0.3) is 44.5 Å². The third kappa shape index (κ3) is 10.5. The van der Waals surface area contributed by atoms with Gasteiger partial charge in [-0.05, 0) is 147 Å². The molecule has 504 valence electrons. The van der Waals surface area contributed by atoms with Crippen molar-refractivity contribution in [1.82, 2.24) is 0 Å². The first-order valence-electron chi connectivity index (χ1n) is 36.1. The molecule has 4 heterocycles. The van der Waals surface area contributed by atoms with Gasteiger partial charge in [-0.3, -0.25) is 0 Å². The Hall–Kier alpha value is -13.2. The summed E-state index contributed by atoms with van der Waals surface area (Å²) in [5.74, 6) is -2.12. The second-order valence-corrected chi connectivity index (χ2v) is 28.4. The van der Waals surface area contributed by atoms with Crippen LogP contribution in [0.15, 0.2) is 386 Å². The summed E-state index contributed by atoms with van der Waals surface area (Å²) in [5.41, 5.74) is 24.5. The van der Waals surface area contributed by atoms with Crippen LogP contribution in [0, 0.1) is 17.5 Å². The second-order valence-electron chi connectivity index (χ2n) is 27.4. The van der Waals surface area contributed by atoms with Crippen LogP contribution >= 0.6 is 11.8 Å². The lowest BCUT2D eigenvalue weighted by molar-refractivity contribution is 0.582. The van der Waals surface area contributed by atoms with Crippen molar-refractivity contribution in [2.45, 2.75) is 9.79 Å². The molecule has 0 saturated heterocycles. The Morgan fingerprint density at radius 2 is 0.673 bits per heavy atom. The quantitative estimate of drug-likeness (QED) is 0.106. The van der Waals surface area contributed by atoms with Gasteiger partial charge in [-0.25, -0.2) is 13.2 Å². The summed E-state index contributed by atoms with van der Waals surface area (Å²) in [7, 11) is 0. The van der Waals surface area contributed by atoms with Crippen LogP contribution in [0.5, 0.6) is 0 Å². The summed E-state index contributed by atoms with van der Waals surface area (Å²) >= 11 is 1.41. The van der Waals surface area contributed by atoms with E-state index in [4.69, 9.17) is 0 Å². The van der Waals surface area contributed by atoms with Crippen LogP contribution in [-0.4, -0.2) is 13.4 Å². The lowest BCUT2D eigenvalue weighted by Crippen LogP contribution is -2.65. The van der Waals surface area contributed by atoms with Gasteiger partial charge >= 0.3 is 0 Å². The summed E-state index contributed by atoms with van der Waals surface area (Å²) < 4.78 is 55.4. The maximum atomic E-state index is 20.9. The molecule has 16 aromatic rings.